The average Bonchev–Trinajstić information content (AvgIpc) is 3.06. The Kier molecular flexibility index (Phi) is 12.8. The van der Waals surface area contributed by atoms with Crippen molar-refractivity contribution in [3.63, 3.8) is 0 Å². The van der Waals surface area contributed by atoms with Gasteiger partial charge in [0.05, 0.1) is 11.8 Å². The number of benzene rings is 1. The number of rotatable bonds is 10. The van der Waals surface area contributed by atoms with Crippen molar-refractivity contribution in [3.8, 4) is 0 Å². The van der Waals surface area contributed by atoms with Crippen molar-refractivity contribution in [3.05, 3.63) is 59.4 Å². The highest BCUT2D eigenvalue weighted by Gasteiger charge is 2.73. The van der Waals surface area contributed by atoms with Crippen LogP contribution in [0.3, 0.4) is 0 Å². The second kappa shape index (κ2) is 16.3. The third kappa shape index (κ3) is 8.21. The van der Waals surface area contributed by atoms with Crippen LogP contribution in [0.25, 0.3) is 0 Å². The van der Waals surface area contributed by atoms with E-state index in [-0.39, 0.29) is 42.2 Å². The molecule has 1 N–H and O–H groups in total. The van der Waals surface area contributed by atoms with Gasteiger partial charge in [-0.2, -0.15) is 0 Å². The fourth-order valence-electron chi connectivity index (χ4n) is 9.26. The van der Waals surface area contributed by atoms with Gasteiger partial charge in [-0.1, -0.05) is 57.7 Å². The summed E-state index contributed by atoms with van der Waals surface area (Å²) in [5, 5.41) is 13.2. The molecule has 1 aromatic carbocycles. The van der Waals surface area contributed by atoms with Crippen molar-refractivity contribution < 1.29 is 62.3 Å². The molecule has 14 heteroatoms. The molecule has 0 amide bonds. The Morgan fingerprint density at radius 2 is 1.36 bits per heavy atom. The molecule has 4 rings (SSSR count). The number of esters is 6. The zero-order valence-electron chi connectivity index (χ0n) is 33.6. The first-order chi connectivity index (χ1) is 25.5. The highest BCUT2D eigenvalue weighted by Crippen LogP contribution is 2.64. The highest BCUT2D eigenvalue weighted by atomic mass is 16.6. The molecule has 1 aromatic rings. The van der Waals surface area contributed by atoms with E-state index in [0.717, 1.165) is 19.4 Å². The van der Waals surface area contributed by atoms with Gasteiger partial charge in [0.2, 0.25) is 0 Å². The van der Waals surface area contributed by atoms with Crippen LogP contribution in [-0.2, 0) is 57.2 Å². The van der Waals surface area contributed by atoms with Crippen molar-refractivity contribution >= 4 is 35.8 Å². The summed E-state index contributed by atoms with van der Waals surface area (Å²) in [6, 6.07) is 9.06. The lowest BCUT2D eigenvalue weighted by Gasteiger charge is -2.64. The Bertz CT molecular complexity index is 1730. The van der Waals surface area contributed by atoms with Gasteiger partial charge < -0.3 is 38.4 Å². The number of hydrogen-bond donors (Lipinski definition) is 1. The van der Waals surface area contributed by atoms with Crippen molar-refractivity contribution in [2.24, 2.45) is 22.7 Å². The fourth-order valence-corrected chi connectivity index (χ4v) is 9.26. The van der Waals surface area contributed by atoms with E-state index in [9.17, 15) is 33.9 Å². The lowest BCUT2D eigenvalue weighted by molar-refractivity contribution is -0.278. The summed E-state index contributed by atoms with van der Waals surface area (Å²) >= 11 is 0. The summed E-state index contributed by atoms with van der Waals surface area (Å²) in [5.74, 6) is -6.45. The monoisotopic (exact) mass is 769 g/mol. The Balaban J connectivity index is 2.02. The molecule has 0 saturated heterocycles. The Hall–Kier alpha value is -4.56. The normalized spacial score (nSPS) is 31.8. The first-order valence-corrected chi connectivity index (χ1v) is 18.4. The maximum Gasteiger partial charge on any atom is 0.308 e. The number of carbonyl (C=O) groups is 6. The minimum absolute atomic E-state index is 0.0374. The number of fused-ring (bicyclic) bond motifs is 3. The summed E-state index contributed by atoms with van der Waals surface area (Å²) in [4.78, 5) is 80.5. The van der Waals surface area contributed by atoms with Crippen LogP contribution in [0.5, 0.6) is 0 Å². The second-order valence-electron chi connectivity index (χ2n) is 15.9. The summed E-state index contributed by atoms with van der Waals surface area (Å²) in [6.07, 6.45) is -7.25. The zero-order chi connectivity index (χ0) is 41.4. The first-order valence-electron chi connectivity index (χ1n) is 18.4. The number of carbonyl (C=O) groups excluding carboxylic acids is 6. The predicted molar refractivity (Wildman–Crippen MR) is 196 cm³/mol. The summed E-state index contributed by atoms with van der Waals surface area (Å²) in [7, 11) is 3.68. The molecule has 0 radical (unpaired) electrons. The lowest BCUT2D eigenvalue weighted by Crippen LogP contribution is -2.75. The van der Waals surface area contributed by atoms with Gasteiger partial charge in [-0.25, -0.2) is 0 Å². The van der Waals surface area contributed by atoms with E-state index >= 15 is 0 Å². The maximum absolute atomic E-state index is 13.9. The van der Waals surface area contributed by atoms with E-state index in [4.69, 9.17) is 28.4 Å². The van der Waals surface area contributed by atoms with E-state index in [2.05, 4.69) is 6.58 Å². The maximum atomic E-state index is 13.9. The third-order valence-corrected chi connectivity index (χ3v) is 11.8. The molecule has 2 fully saturated rings. The van der Waals surface area contributed by atoms with Crippen molar-refractivity contribution in [2.75, 3.05) is 14.1 Å². The van der Waals surface area contributed by atoms with Crippen LogP contribution in [0.2, 0.25) is 0 Å². The van der Waals surface area contributed by atoms with Crippen LogP contribution in [0, 0.1) is 22.7 Å². The van der Waals surface area contributed by atoms with Gasteiger partial charge in [0.15, 0.2) is 12.2 Å². The van der Waals surface area contributed by atoms with Gasteiger partial charge in [-0.3, -0.25) is 28.8 Å². The Morgan fingerprint density at radius 3 is 1.87 bits per heavy atom. The van der Waals surface area contributed by atoms with Gasteiger partial charge in [-0.15, -0.1) is 0 Å². The van der Waals surface area contributed by atoms with Gasteiger partial charge in [-0.05, 0) is 32.2 Å². The molecule has 0 spiro atoms. The quantitative estimate of drug-likeness (QED) is 0.199. The molecular formula is C41H55NO13. The summed E-state index contributed by atoms with van der Waals surface area (Å²) < 4.78 is 36.2. The fraction of sp³-hybridized carbons (Fsp3) is 0.610. The molecular weight excluding hydrogens is 714 g/mol. The van der Waals surface area contributed by atoms with Crippen LogP contribution >= 0.6 is 0 Å². The van der Waals surface area contributed by atoms with E-state index in [1.165, 1.54) is 27.7 Å². The van der Waals surface area contributed by atoms with Gasteiger partial charge in [0, 0.05) is 76.3 Å². The SMILES string of the molecule is C=C1[C@@H](OC(=O)CC(c2ccccc2)N(C)C)C[C@H](OC(C)=O)[C@@]2(C)[C@@H](OC(C)=O)[C@H](OC(C)=O)[C@@]3(O)C(C)=C(OC(C)=O)C[C@H]([C@@H](OC(C)=O)[C@H]12)C3(C)C. The predicted octanol–water partition coefficient (Wildman–Crippen LogP) is 4.53. The molecule has 3 aliphatic carbocycles. The molecule has 0 aromatic heterocycles. The van der Waals surface area contributed by atoms with E-state index < -0.39 is 94.6 Å². The molecule has 0 heterocycles. The molecule has 10 atom stereocenters. The number of allylic oxidation sites excluding steroid dienone is 1. The van der Waals surface area contributed by atoms with Crippen LogP contribution in [0.4, 0.5) is 0 Å². The third-order valence-electron chi connectivity index (χ3n) is 11.8. The molecule has 1 unspecified atom stereocenters. The van der Waals surface area contributed by atoms with Crippen molar-refractivity contribution in [1.82, 2.24) is 4.90 Å². The first kappa shape index (κ1) is 43.2. The van der Waals surface area contributed by atoms with Crippen LogP contribution < -0.4 is 0 Å². The van der Waals surface area contributed by atoms with E-state index in [0.29, 0.717) is 0 Å². The van der Waals surface area contributed by atoms with E-state index in [1.54, 1.807) is 20.8 Å². The van der Waals surface area contributed by atoms with Gasteiger partial charge >= 0.3 is 35.8 Å². The Morgan fingerprint density at radius 1 is 0.818 bits per heavy atom. The standard InChI is InChI=1S/C41H55NO13/c1-21-31(55-34(48)19-30(42(11)12)28-16-14-13-15-17-28)20-33(51-24(4)44)40(10)35(21)36(52-25(5)45)29-18-32(50-23(3)43)22(2)41(49,39(29,8)9)38(54-27(7)47)37(40)53-26(6)46/h13-17,29-31,33,35-38,49H,1,18-20H2,2-12H3/t29-,30?,31+,33+,35+,36-,37+,38+,40-,41+/m1/s1. The number of ether oxygens (including phenoxy) is 6. The van der Waals surface area contributed by atoms with E-state index in [1.807, 2.05) is 49.3 Å². The second-order valence-corrected chi connectivity index (χ2v) is 15.9. The minimum Gasteiger partial charge on any atom is -0.462 e. The molecule has 3 aliphatic rings. The van der Waals surface area contributed by atoms with Gasteiger partial charge in [0.25, 0.3) is 0 Å². The molecule has 14 nitrogen and oxygen atoms in total. The highest BCUT2D eigenvalue weighted by molar-refractivity contribution is 5.72. The van der Waals surface area contributed by atoms with Crippen molar-refractivity contribution in [1.29, 1.82) is 0 Å². The summed E-state index contributed by atoms with van der Waals surface area (Å²) in [5.41, 5.74) is -4.07. The number of nitrogens with zero attached hydrogens (tertiary/aromatic N) is 1. The molecule has 2 bridgehead atoms. The lowest BCUT2D eigenvalue weighted by atomic mass is 9.45. The van der Waals surface area contributed by atoms with Gasteiger partial charge in [0.1, 0.15) is 29.7 Å². The molecule has 2 saturated carbocycles. The van der Waals surface area contributed by atoms with Crippen LogP contribution in [-0.4, -0.2) is 96.0 Å². The largest absolute Gasteiger partial charge is 0.462 e. The Labute approximate surface area is 322 Å². The topological polar surface area (TPSA) is 181 Å². The smallest absolute Gasteiger partial charge is 0.308 e. The zero-order valence-corrected chi connectivity index (χ0v) is 33.6. The number of aliphatic hydroxyl groups is 1. The van der Waals surface area contributed by atoms with Crippen LogP contribution in [0.1, 0.15) is 93.2 Å². The van der Waals surface area contributed by atoms with Crippen molar-refractivity contribution in [2.45, 2.75) is 124 Å². The number of hydrogen-bond acceptors (Lipinski definition) is 14. The minimum atomic E-state index is -2.25. The molecule has 302 valence electrons. The van der Waals surface area contributed by atoms with Crippen LogP contribution in [0.15, 0.2) is 53.8 Å². The summed E-state index contributed by atoms with van der Waals surface area (Å²) in [6.45, 7) is 16.8. The molecule has 55 heavy (non-hydrogen) atoms. The average molecular weight is 770 g/mol. The molecule has 0 aliphatic heterocycles.